The molecule has 0 aromatic carbocycles. The number of aryl methyl sites for hydroxylation is 1. The molecule has 17 heavy (non-hydrogen) atoms. The van der Waals surface area contributed by atoms with Crippen LogP contribution >= 0.6 is 0 Å². The second-order valence-electron chi connectivity index (χ2n) is 4.69. The number of hydrogen-bond acceptors (Lipinski definition) is 2. The summed E-state index contributed by atoms with van der Waals surface area (Å²) in [7, 11) is 2.01. The Morgan fingerprint density at radius 1 is 1.24 bits per heavy atom. The van der Waals surface area contributed by atoms with Crippen molar-refractivity contribution in [3.63, 3.8) is 0 Å². The monoisotopic (exact) mass is 237 g/mol. The van der Waals surface area contributed by atoms with Crippen LogP contribution in [0.1, 0.15) is 63.5 Å². The van der Waals surface area contributed by atoms with Gasteiger partial charge in [-0.2, -0.15) is 5.10 Å². The van der Waals surface area contributed by atoms with E-state index in [2.05, 4.69) is 37.7 Å². The summed E-state index contributed by atoms with van der Waals surface area (Å²) in [6.07, 6.45) is 4.51. The molecule has 1 aromatic heterocycles. The Bertz CT molecular complexity index is 341. The molecule has 1 N–H and O–H groups in total. The maximum Gasteiger partial charge on any atom is 0.0669 e. The van der Waals surface area contributed by atoms with Gasteiger partial charge in [-0.05, 0) is 33.2 Å². The Kier molecular flexibility index (Phi) is 5.69. The number of rotatable bonds is 7. The Morgan fingerprint density at radius 2 is 1.94 bits per heavy atom. The second kappa shape index (κ2) is 6.80. The van der Waals surface area contributed by atoms with Gasteiger partial charge in [0.2, 0.25) is 0 Å². The highest BCUT2D eigenvalue weighted by atomic mass is 15.3. The summed E-state index contributed by atoms with van der Waals surface area (Å²) >= 11 is 0. The lowest BCUT2D eigenvalue weighted by molar-refractivity contribution is 0.437. The van der Waals surface area contributed by atoms with Crippen molar-refractivity contribution in [2.45, 2.75) is 66.0 Å². The third kappa shape index (κ3) is 3.09. The molecule has 1 atom stereocenters. The molecule has 98 valence electrons. The van der Waals surface area contributed by atoms with Gasteiger partial charge in [0.25, 0.3) is 0 Å². The van der Waals surface area contributed by atoms with Crippen molar-refractivity contribution in [1.29, 1.82) is 0 Å². The maximum absolute atomic E-state index is 4.81. The Labute approximate surface area is 106 Å². The molecule has 3 heteroatoms. The van der Waals surface area contributed by atoms with Crippen LogP contribution in [-0.2, 0) is 19.4 Å². The number of nitrogens with zero attached hydrogens (tertiary/aromatic N) is 2. The van der Waals surface area contributed by atoms with Crippen LogP contribution in [0.25, 0.3) is 0 Å². The highest BCUT2D eigenvalue weighted by Crippen LogP contribution is 2.22. The van der Waals surface area contributed by atoms with Gasteiger partial charge in [0, 0.05) is 23.8 Å². The lowest BCUT2D eigenvalue weighted by Crippen LogP contribution is -2.12. The van der Waals surface area contributed by atoms with Crippen LogP contribution in [-0.4, -0.2) is 16.8 Å². The molecule has 3 nitrogen and oxygen atoms in total. The molecular formula is C14H27N3. The van der Waals surface area contributed by atoms with Crippen LogP contribution in [0, 0.1) is 0 Å². The van der Waals surface area contributed by atoms with E-state index < -0.39 is 0 Å². The predicted octanol–water partition coefficient (Wildman–Crippen LogP) is 3.09. The van der Waals surface area contributed by atoms with Crippen LogP contribution in [0.5, 0.6) is 0 Å². The zero-order valence-corrected chi connectivity index (χ0v) is 12.0. The summed E-state index contributed by atoms with van der Waals surface area (Å²) in [5.74, 6) is 0. The summed E-state index contributed by atoms with van der Waals surface area (Å²) in [5, 5.41) is 8.08. The van der Waals surface area contributed by atoms with E-state index in [1.165, 1.54) is 29.8 Å². The largest absolute Gasteiger partial charge is 0.316 e. The van der Waals surface area contributed by atoms with Gasteiger partial charge in [-0.1, -0.05) is 27.2 Å². The van der Waals surface area contributed by atoms with Crippen LogP contribution in [0.4, 0.5) is 0 Å². The quantitative estimate of drug-likeness (QED) is 0.790. The van der Waals surface area contributed by atoms with Crippen molar-refractivity contribution in [2.75, 3.05) is 7.05 Å². The summed E-state index contributed by atoms with van der Waals surface area (Å²) in [4.78, 5) is 0. The fourth-order valence-electron chi connectivity index (χ4n) is 2.50. The first kappa shape index (κ1) is 14.2. The Morgan fingerprint density at radius 3 is 2.41 bits per heavy atom. The number of hydrogen-bond donors (Lipinski definition) is 1. The third-order valence-corrected chi connectivity index (χ3v) is 3.35. The second-order valence-corrected chi connectivity index (χ2v) is 4.69. The van der Waals surface area contributed by atoms with Gasteiger partial charge >= 0.3 is 0 Å². The molecule has 0 saturated carbocycles. The first-order chi connectivity index (χ1) is 8.19. The molecule has 1 rings (SSSR count). The molecule has 0 aliphatic carbocycles. The first-order valence-corrected chi connectivity index (χ1v) is 6.93. The lowest BCUT2D eigenvalue weighted by Gasteiger charge is -2.15. The molecule has 1 heterocycles. The van der Waals surface area contributed by atoms with Crippen molar-refractivity contribution in [1.82, 2.24) is 15.1 Å². The smallest absolute Gasteiger partial charge is 0.0669 e. The Balaban J connectivity index is 3.12. The summed E-state index contributed by atoms with van der Waals surface area (Å²) in [6, 6.07) is 0.519. The molecule has 0 bridgehead atoms. The maximum atomic E-state index is 4.81. The van der Waals surface area contributed by atoms with Gasteiger partial charge in [-0.25, -0.2) is 0 Å². The minimum Gasteiger partial charge on any atom is -0.316 e. The van der Waals surface area contributed by atoms with Crippen molar-refractivity contribution < 1.29 is 0 Å². The van der Waals surface area contributed by atoms with Crippen LogP contribution in [0.2, 0.25) is 0 Å². The Hall–Kier alpha value is -0.830. The van der Waals surface area contributed by atoms with E-state index in [9.17, 15) is 0 Å². The molecule has 1 unspecified atom stereocenters. The minimum absolute atomic E-state index is 0.519. The molecule has 0 radical (unpaired) electrons. The lowest BCUT2D eigenvalue weighted by atomic mass is 10.1. The minimum atomic E-state index is 0.519. The zero-order chi connectivity index (χ0) is 12.8. The van der Waals surface area contributed by atoms with Crippen molar-refractivity contribution in [2.24, 2.45) is 0 Å². The van der Waals surface area contributed by atoms with E-state index in [0.717, 1.165) is 19.4 Å². The average Bonchev–Trinajstić information content (AvgIpc) is 2.68. The van der Waals surface area contributed by atoms with Crippen LogP contribution < -0.4 is 5.32 Å². The standard InChI is InChI=1S/C14H27N3/c1-6-9-11(4)17-14(8-3)12(10-15-5)13(7-2)16-17/h11,15H,6-10H2,1-5H3. The van der Waals surface area contributed by atoms with E-state index >= 15 is 0 Å². The number of nitrogens with one attached hydrogen (secondary N) is 1. The molecule has 1 aromatic rings. The van der Waals surface area contributed by atoms with Crippen molar-refractivity contribution in [3.8, 4) is 0 Å². The molecule has 0 aliphatic rings. The SMILES string of the molecule is CCCC(C)n1nc(CC)c(CNC)c1CC. The van der Waals surface area contributed by atoms with Crippen molar-refractivity contribution in [3.05, 3.63) is 17.0 Å². The fraction of sp³-hybridized carbons (Fsp3) is 0.786. The van der Waals surface area contributed by atoms with Gasteiger partial charge in [0.1, 0.15) is 0 Å². The van der Waals surface area contributed by atoms with Gasteiger partial charge in [-0.15, -0.1) is 0 Å². The third-order valence-electron chi connectivity index (χ3n) is 3.35. The highest BCUT2D eigenvalue weighted by molar-refractivity contribution is 5.27. The number of aromatic nitrogens is 2. The van der Waals surface area contributed by atoms with Gasteiger partial charge in [0.15, 0.2) is 0 Å². The van der Waals surface area contributed by atoms with E-state index in [-0.39, 0.29) is 0 Å². The van der Waals surface area contributed by atoms with E-state index in [1.807, 2.05) is 7.05 Å². The molecular weight excluding hydrogens is 210 g/mol. The first-order valence-electron chi connectivity index (χ1n) is 6.93. The van der Waals surface area contributed by atoms with Crippen molar-refractivity contribution >= 4 is 0 Å². The molecule has 0 fully saturated rings. The van der Waals surface area contributed by atoms with E-state index in [4.69, 9.17) is 5.10 Å². The molecule has 0 aliphatic heterocycles. The van der Waals surface area contributed by atoms with Gasteiger partial charge < -0.3 is 5.32 Å². The summed E-state index contributed by atoms with van der Waals surface area (Å²) < 4.78 is 2.26. The normalized spacial score (nSPS) is 13.0. The summed E-state index contributed by atoms with van der Waals surface area (Å²) in [5.41, 5.74) is 4.09. The summed E-state index contributed by atoms with van der Waals surface area (Å²) in [6.45, 7) is 9.87. The molecule has 0 saturated heterocycles. The van der Waals surface area contributed by atoms with Crippen LogP contribution in [0.15, 0.2) is 0 Å². The zero-order valence-electron chi connectivity index (χ0n) is 12.0. The molecule has 0 amide bonds. The predicted molar refractivity (Wildman–Crippen MR) is 73.4 cm³/mol. The average molecular weight is 237 g/mol. The van der Waals surface area contributed by atoms with Crippen LogP contribution in [0.3, 0.4) is 0 Å². The molecule has 0 spiro atoms. The van der Waals surface area contributed by atoms with E-state index in [0.29, 0.717) is 6.04 Å². The van der Waals surface area contributed by atoms with Gasteiger partial charge in [-0.3, -0.25) is 4.68 Å². The van der Waals surface area contributed by atoms with E-state index in [1.54, 1.807) is 0 Å². The fourth-order valence-corrected chi connectivity index (χ4v) is 2.50. The topological polar surface area (TPSA) is 29.9 Å². The van der Waals surface area contributed by atoms with Gasteiger partial charge in [0.05, 0.1) is 5.69 Å². The highest BCUT2D eigenvalue weighted by Gasteiger charge is 2.17.